The minimum Gasteiger partial charge on any atom is -0.503 e. The molecule has 1 amide bonds. The number of nitrogens with zero attached hydrogens (tertiary/aromatic N) is 2. The van der Waals surface area contributed by atoms with Crippen LogP contribution in [0, 0.1) is 10.5 Å². The quantitative estimate of drug-likeness (QED) is 0.221. The Balaban J connectivity index is 1.64. The van der Waals surface area contributed by atoms with Crippen molar-refractivity contribution in [3.8, 4) is 5.75 Å². The van der Waals surface area contributed by atoms with Crippen LogP contribution in [-0.2, 0) is 4.79 Å². The number of thiazole rings is 1. The highest BCUT2D eigenvalue weighted by molar-refractivity contribution is 14.1. The summed E-state index contributed by atoms with van der Waals surface area (Å²) in [6, 6.07) is 15.3. The maximum atomic E-state index is 13.4. The Labute approximate surface area is 212 Å². The van der Waals surface area contributed by atoms with Gasteiger partial charge in [-0.2, -0.15) is 0 Å². The van der Waals surface area contributed by atoms with E-state index in [0.717, 1.165) is 8.27 Å². The zero-order valence-corrected chi connectivity index (χ0v) is 21.2. The van der Waals surface area contributed by atoms with Gasteiger partial charge in [0.15, 0.2) is 16.7 Å². The average Bonchev–Trinajstić information content (AvgIpc) is 3.50. The number of furan rings is 1. The number of ether oxygens (including phenoxy) is 1. The van der Waals surface area contributed by atoms with Crippen LogP contribution in [0.5, 0.6) is 5.75 Å². The van der Waals surface area contributed by atoms with Crippen molar-refractivity contribution in [2.24, 2.45) is 0 Å². The molecular weight excluding hydrogens is 567 g/mol. The highest BCUT2D eigenvalue weighted by Gasteiger charge is 2.46. The molecule has 5 rings (SSSR count). The third-order valence-corrected chi connectivity index (χ3v) is 7.20. The van der Waals surface area contributed by atoms with Crippen LogP contribution in [0.1, 0.15) is 34.8 Å². The Hall–Kier alpha value is -3.18. The van der Waals surface area contributed by atoms with Crippen molar-refractivity contribution < 1.29 is 23.8 Å². The molecule has 0 radical (unpaired) electrons. The molecule has 0 aliphatic carbocycles. The molecule has 7 nitrogen and oxygen atoms in total. The van der Waals surface area contributed by atoms with Crippen molar-refractivity contribution in [3.05, 3.63) is 86.6 Å². The summed E-state index contributed by atoms with van der Waals surface area (Å²) < 4.78 is 12.9. The molecule has 0 bridgehead atoms. The van der Waals surface area contributed by atoms with E-state index in [1.165, 1.54) is 16.2 Å². The Morgan fingerprint density at radius 2 is 1.97 bits per heavy atom. The van der Waals surface area contributed by atoms with Gasteiger partial charge in [0.1, 0.15) is 11.5 Å². The number of carbonyl (C=O) groups excluding carboxylic acids is 2. The van der Waals surface area contributed by atoms with Crippen molar-refractivity contribution in [2.45, 2.75) is 19.9 Å². The molecular formula is C25H19IN2O5S. The summed E-state index contributed by atoms with van der Waals surface area (Å²) in [5.41, 5.74) is 1.34. The maximum Gasteiger partial charge on any atom is 0.296 e. The van der Waals surface area contributed by atoms with E-state index in [0.29, 0.717) is 34.3 Å². The number of halogens is 1. The fraction of sp³-hybridized carbons (Fsp3) is 0.160. The average molecular weight is 586 g/mol. The smallest absolute Gasteiger partial charge is 0.296 e. The van der Waals surface area contributed by atoms with Crippen molar-refractivity contribution in [1.82, 2.24) is 4.98 Å². The van der Waals surface area contributed by atoms with Gasteiger partial charge in [-0.3, -0.25) is 14.5 Å². The van der Waals surface area contributed by atoms with Crippen LogP contribution in [0.25, 0.3) is 10.2 Å². The second-order valence-electron chi connectivity index (χ2n) is 7.69. The van der Waals surface area contributed by atoms with Gasteiger partial charge < -0.3 is 14.3 Å². The van der Waals surface area contributed by atoms with Gasteiger partial charge in [-0.15, -0.1) is 0 Å². The van der Waals surface area contributed by atoms with Crippen molar-refractivity contribution in [3.63, 3.8) is 0 Å². The molecule has 172 valence electrons. The molecule has 0 saturated carbocycles. The van der Waals surface area contributed by atoms with Gasteiger partial charge in [0.05, 0.1) is 28.4 Å². The molecule has 0 saturated heterocycles. The molecule has 34 heavy (non-hydrogen) atoms. The lowest BCUT2D eigenvalue weighted by Crippen LogP contribution is -2.30. The Bertz CT molecular complexity index is 1450. The first-order valence-electron chi connectivity index (χ1n) is 10.5. The van der Waals surface area contributed by atoms with Crippen LogP contribution in [0.3, 0.4) is 0 Å². The van der Waals surface area contributed by atoms with E-state index in [1.807, 2.05) is 49.4 Å². The maximum absolute atomic E-state index is 13.4. The summed E-state index contributed by atoms with van der Waals surface area (Å²) in [5.74, 6) is -0.486. The third-order valence-electron chi connectivity index (χ3n) is 5.47. The lowest BCUT2D eigenvalue weighted by molar-refractivity contribution is -0.117. The topological polar surface area (TPSA) is 92.9 Å². The number of hydrogen-bond donors (Lipinski definition) is 1. The number of benzene rings is 2. The van der Waals surface area contributed by atoms with Crippen LogP contribution in [0.2, 0.25) is 0 Å². The zero-order valence-electron chi connectivity index (χ0n) is 18.2. The van der Waals surface area contributed by atoms with Gasteiger partial charge >= 0.3 is 0 Å². The Morgan fingerprint density at radius 3 is 2.65 bits per heavy atom. The molecule has 1 atom stereocenters. The summed E-state index contributed by atoms with van der Waals surface area (Å²) in [6.45, 7) is 4.17. The minimum absolute atomic E-state index is 0.0326. The fourth-order valence-electron chi connectivity index (χ4n) is 3.94. The molecule has 9 heteroatoms. The molecule has 1 aliphatic heterocycles. The van der Waals surface area contributed by atoms with E-state index in [1.54, 1.807) is 19.1 Å². The van der Waals surface area contributed by atoms with E-state index in [-0.39, 0.29) is 11.3 Å². The summed E-state index contributed by atoms with van der Waals surface area (Å²) in [7, 11) is 0. The van der Waals surface area contributed by atoms with E-state index >= 15 is 0 Å². The third kappa shape index (κ3) is 3.88. The summed E-state index contributed by atoms with van der Waals surface area (Å²) in [6.07, 6.45) is 0. The predicted octanol–water partition coefficient (Wildman–Crippen LogP) is 5.98. The fourth-order valence-corrected chi connectivity index (χ4v) is 5.32. The van der Waals surface area contributed by atoms with Gasteiger partial charge in [0.2, 0.25) is 5.78 Å². The summed E-state index contributed by atoms with van der Waals surface area (Å²) >= 11 is 3.48. The first-order valence-corrected chi connectivity index (χ1v) is 12.4. The van der Waals surface area contributed by atoms with Gasteiger partial charge in [-0.25, -0.2) is 4.98 Å². The molecule has 4 aromatic rings. The number of rotatable bonds is 6. The molecule has 1 unspecified atom stereocenters. The van der Waals surface area contributed by atoms with Crippen LogP contribution in [0.4, 0.5) is 5.13 Å². The largest absolute Gasteiger partial charge is 0.503 e. The molecule has 0 fully saturated rings. The normalized spacial score (nSPS) is 16.0. The van der Waals surface area contributed by atoms with E-state index in [4.69, 9.17) is 9.15 Å². The SMILES string of the molecule is CCOc1ccc2nc(N3C(=O)C(O)=C(C(=O)c4ccc(C)o4)C3c3ccc(I)cc3)sc2c1. The first-order chi connectivity index (χ1) is 16.4. The number of aryl methyl sites for hydroxylation is 1. The standard InChI is InChI=1S/C25H19IN2O5S/c1-3-32-16-9-10-17-19(12-16)34-25(27-17)28-21(14-5-7-15(26)8-6-14)20(23(30)24(28)31)22(29)18-11-4-13(2)33-18/h4-12,21,30H,3H2,1-2H3. The number of ketones is 1. The molecule has 2 aromatic carbocycles. The number of aliphatic hydroxyl groups is 1. The van der Waals surface area contributed by atoms with Gasteiger partial charge in [-0.1, -0.05) is 23.5 Å². The van der Waals surface area contributed by atoms with Crippen molar-refractivity contribution in [2.75, 3.05) is 11.5 Å². The summed E-state index contributed by atoms with van der Waals surface area (Å²) in [5, 5.41) is 11.3. The molecule has 1 N–H and O–H groups in total. The van der Waals surface area contributed by atoms with Gasteiger partial charge in [0.25, 0.3) is 5.91 Å². The van der Waals surface area contributed by atoms with E-state index in [2.05, 4.69) is 27.6 Å². The van der Waals surface area contributed by atoms with Gasteiger partial charge in [0, 0.05) is 3.57 Å². The molecule has 3 heterocycles. The minimum atomic E-state index is -0.852. The number of Topliss-reactive ketones (excluding diaryl/α,β-unsaturated/α-hetero) is 1. The summed E-state index contributed by atoms with van der Waals surface area (Å²) in [4.78, 5) is 32.8. The number of amides is 1. The highest BCUT2D eigenvalue weighted by atomic mass is 127. The van der Waals surface area contributed by atoms with Crippen LogP contribution in [0.15, 0.2) is 70.3 Å². The van der Waals surface area contributed by atoms with Crippen molar-refractivity contribution in [1.29, 1.82) is 0 Å². The van der Waals surface area contributed by atoms with Crippen LogP contribution < -0.4 is 9.64 Å². The molecule has 2 aromatic heterocycles. The van der Waals surface area contributed by atoms with Crippen molar-refractivity contribution >= 4 is 61.0 Å². The number of hydrogen-bond acceptors (Lipinski definition) is 7. The zero-order chi connectivity index (χ0) is 24.0. The lowest BCUT2D eigenvalue weighted by Gasteiger charge is -2.24. The Kier molecular flexibility index (Phi) is 5.90. The number of aromatic nitrogens is 1. The number of carbonyl (C=O) groups is 2. The first kappa shape index (κ1) is 22.6. The predicted molar refractivity (Wildman–Crippen MR) is 138 cm³/mol. The number of aliphatic hydroxyl groups excluding tert-OH is 1. The monoisotopic (exact) mass is 586 g/mol. The van der Waals surface area contributed by atoms with Crippen LogP contribution in [-0.4, -0.2) is 28.4 Å². The number of fused-ring (bicyclic) bond motifs is 1. The van der Waals surface area contributed by atoms with Gasteiger partial charge in [-0.05, 0) is 84.5 Å². The molecule has 0 spiro atoms. The Morgan fingerprint density at radius 1 is 1.21 bits per heavy atom. The van der Waals surface area contributed by atoms with E-state index < -0.39 is 23.5 Å². The molecule has 1 aliphatic rings. The highest BCUT2D eigenvalue weighted by Crippen LogP contribution is 2.44. The number of anilines is 1. The second-order valence-corrected chi connectivity index (χ2v) is 9.94. The van der Waals surface area contributed by atoms with E-state index in [9.17, 15) is 14.7 Å². The lowest BCUT2D eigenvalue weighted by atomic mass is 9.95. The van der Waals surface area contributed by atoms with Crippen LogP contribution >= 0.6 is 33.9 Å². The second kappa shape index (κ2) is 8.88.